The van der Waals surface area contributed by atoms with Gasteiger partial charge in [0.05, 0.1) is 18.2 Å². The fourth-order valence-corrected chi connectivity index (χ4v) is 1.40. The lowest BCUT2D eigenvalue weighted by Gasteiger charge is -1.83. The topological polar surface area (TPSA) is 52.0 Å². The SMILES string of the molecule is Nc1nc(-c2ccoc2)cs1. The average Bonchev–Trinajstić information content (AvgIpc) is 2.55. The van der Waals surface area contributed by atoms with Crippen LogP contribution in [0.25, 0.3) is 11.3 Å². The molecule has 0 fully saturated rings. The molecule has 0 unspecified atom stereocenters. The van der Waals surface area contributed by atoms with Gasteiger partial charge in [0, 0.05) is 10.9 Å². The van der Waals surface area contributed by atoms with Crippen LogP contribution >= 0.6 is 11.3 Å². The zero-order chi connectivity index (χ0) is 7.68. The van der Waals surface area contributed by atoms with Gasteiger partial charge in [-0.05, 0) is 6.07 Å². The second-order valence-electron chi connectivity index (χ2n) is 2.08. The third-order valence-electron chi connectivity index (χ3n) is 1.34. The smallest absolute Gasteiger partial charge is 0.180 e. The first-order chi connectivity index (χ1) is 5.36. The van der Waals surface area contributed by atoms with Crippen molar-refractivity contribution in [1.82, 2.24) is 4.98 Å². The summed E-state index contributed by atoms with van der Waals surface area (Å²) >= 11 is 1.43. The zero-order valence-electron chi connectivity index (χ0n) is 5.65. The number of thiazole rings is 1. The quantitative estimate of drug-likeness (QED) is 0.704. The number of nitrogens with zero attached hydrogens (tertiary/aromatic N) is 1. The summed E-state index contributed by atoms with van der Waals surface area (Å²) in [4.78, 5) is 4.09. The Bertz CT molecular complexity index is 339. The molecule has 2 N–H and O–H groups in total. The number of nitrogen functional groups attached to an aromatic ring is 1. The highest BCUT2D eigenvalue weighted by atomic mass is 32.1. The summed E-state index contributed by atoms with van der Waals surface area (Å²) in [6.45, 7) is 0. The summed E-state index contributed by atoms with van der Waals surface area (Å²) in [6.07, 6.45) is 3.26. The lowest BCUT2D eigenvalue weighted by molar-refractivity contribution is 0.568. The van der Waals surface area contributed by atoms with E-state index in [2.05, 4.69) is 4.98 Å². The largest absolute Gasteiger partial charge is 0.472 e. The van der Waals surface area contributed by atoms with E-state index in [9.17, 15) is 0 Å². The van der Waals surface area contributed by atoms with Crippen LogP contribution in [-0.2, 0) is 0 Å². The molecular weight excluding hydrogens is 160 g/mol. The van der Waals surface area contributed by atoms with Crippen LogP contribution in [0.4, 0.5) is 5.13 Å². The van der Waals surface area contributed by atoms with Gasteiger partial charge in [-0.1, -0.05) is 0 Å². The number of anilines is 1. The molecule has 0 spiro atoms. The molecule has 2 heterocycles. The summed E-state index contributed by atoms with van der Waals surface area (Å²) in [5.41, 5.74) is 7.31. The van der Waals surface area contributed by atoms with E-state index >= 15 is 0 Å². The first-order valence-corrected chi connectivity index (χ1v) is 3.98. The van der Waals surface area contributed by atoms with E-state index in [1.807, 2.05) is 11.4 Å². The number of hydrogen-bond acceptors (Lipinski definition) is 4. The molecule has 0 aliphatic heterocycles. The predicted octanol–water partition coefficient (Wildman–Crippen LogP) is 1.99. The summed E-state index contributed by atoms with van der Waals surface area (Å²) in [5, 5.41) is 2.49. The minimum atomic E-state index is 0.584. The first-order valence-electron chi connectivity index (χ1n) is 3.10. The molecule has 0 amide bonds. The molecule has 0 saturated heterocycles. The van der Waals surface area contributed by atoms with Crippen LogP contribution in [0.15, 0.2) is 28.4 Å². The maximum absolute atomic E-state index is 5.46. The highest BCUT2D eigenvalue weighted by Crippen LogP contribution is 2.22. The second-order valence-corrected chi connectivity index (χ2v) is 2.97. The molecule has 4 heteroatoms. The molecule has 0 aromatic carbocycles. The van der Waals surface area contributed by atoms with Gasteiger partial charge in [-0.15, -0.1) is 11.3 Å². The first kappa shape index (κ1) is 6.42. The number of rotatable bonds is 1. The van der Waals surface area contributed by atoms with Crippen LogP contribution < -0.4 is 5.73 Å². The Morgan fingerprint density at radius 1 is 1.55 bits per heavy atom. The summed E-state index contributed by atoms with van der Waals surface area (Å²) in [6, 6.07) is 1.86. The maximum atomic E-state index is 5.46. The Labute approximate surface area is 67.5 Å². The van der Waals surface area contributed by atoms with Crippen molar-refractivity contribution < 1.29 is 4.42 Å². The van der Waals surface area contributed by atoms with Crippen LogP contribution in [0.1, 0.15) is 0 Å². The van der Waals surface area contributed by atoms with Crippen molar-refractivity contribution in [1.29, 1.82) is 0 Å². The zero-order valence-corrected chi connectivity index (χ0v) is 6.47. The van der Waals surface area contributed by atoms with Gasteiger partial charge in [0.2, 0.25) is 0 Å². The van der Waals surface area contributed by atoms with Gasteiger partial charge in [0.25, 0.3) is 0 Å². The minimum Gasteiger partial charge on any atom is -0.472 e. The Morgan fingerprint density at radius 3 is 3.00 bits per heavy atom. The van der Waals surface area contributed by atoms with Gasteiger partial charge in [0.1, 0.15) is 0 Å². The Balaban J connectivity index is 2.45. The Morgan fingerprint density at radius 2 is 2.45 bits per heavy atom. The van der Waals surface area contributed by atoms with Crippen molar-refractivity contribution in [3.63, 3.8) is 0 Å². The van der Waals surface area contributed by atoms with E-state index in [0.717, 1.165) is 11.3 Å². The average molecular weight is 166 g/mol. The number of furan rings is 1. The van der Waals surface area contributed by atoms with Crippen LogP contribution in [0.3, 0.4) is 0 Å². The summed E-state index contributed by atoms with van der Waals surface area (Å²) in [7, 11) is 0. The predicted molar refractivity (Wildman–Crippen MR) is 44.2 cm³/mol. The van der Waals surface area contributed by atoms with Crippen molar-refractivity contribution in [2.75, 3.05) is 5.73 Å². The van der Waals surface area contributed by atoms with Crippen molar-refractivity contribution in [2.45, 2.75) is 0 Å². The van der Waals surface area contributed by atoms with Crippen molar-refractivity contribution in [2.24, 2.45) is 0 Å². The van der Waals surface area contributed by atoms with E-state index in [0.29, 0.717) is 5.13 Å². The lowest BCUT2D eigenvalue weighted by Crippen LogP contribution is -1.81. The molecule has 2 rings (SSSR count). The van der Waals surface area contributed by atoms with Crippen molar-refractivity contribution in [3.05, 3.63) is 24.0 Å². The van der Waals surface area contributed by atoms with Crippen LogP contribution in [0.5, 0.6) is 0 Å². The normalized spacial score (nSPS) is 10.2. The number of nitrogens with two attached hydrogens (primary N) is 1. The molecule has 0 radical (unpaired) electrons. The van der Waals surface area contributed by atoms with Crippen LogP contribution in [0.2, 0.25) is 0 Å². The Kier molecular flexibility index (Phi) is 1.40. The third-order valence-corrected chi connectivity index (χ3v) is 2.01. The number of hydrogen-bond donors (Lipinski definition) is 1. The van der Waals surface area contributed by atoms with E-state index in [1.54, 1.807) is 12.5 Å². The van der Waals surface area contributed by atoms with Crippen LogP contribution in [0, 0.1) is 0 Å². The fraction of sp³-hybridized carbons (Fsp3) is 0. The number of aromatic nitrogens is 1. The molecule has 0 aliphatic rings. The third kappa shape index (κ3) is 1.12. The highest BCUT2D eigenvalue weighted by Gasteiger charge is 2.01. The molecule has 0 saturated carbocycles. The molecule has 3 nitrogen and oxygen atoms in total. The fourth-order valence-electron chi connectivity index (χ4n) is 0.830. The molecule has 0 atom stereocenters. The van der Waals surface area contributed by atoms with Crippen LogP contribution in [-0.4, -0.2) is 4.98 Å². The summed E-state index contributed by atoms with van der Waals surface area (Å²) < 4.78 is 4.90. The minimum absolute atomic E-state index is 0.584. The van der Waals surface area contributed by atoms with Crippen molar-refractivity contribution in [3.8, 4) is 11.3 Å². The lowest BCUT2D eigenvalue weighted by atomic mass is 10.3. The summed E-state index contributed by atoms with van der Waals surface area (Å²) in [5.74, 6) is 0. The molecule has 2 aromatic heterocycles. The van der Waals surface area contributed by atoms with E-state index < -0.39 is 0 Å². The van der Waals surface area contributed by atoms with Gasteiger partial charge in [-0.25, -0.2) is 4.98 Å². The molecule has 11 heavy (non-hydrogen) atoms. The van der Waals surface area contributed by atoms with E-state index in [4.69, 9.17) is 10.2 Å². The van der Waals surface area contributed by atoms with Gasteiger partial charge >= 0.3 is 0 Å². The van der Waals surface area contributed by atoms with E-state index in [1.165, 1.54) is 11.3 Å². The highest BCUT2D eigenvalue weighted by molar-refractivity contribution is 7.13. The molecule has 0 bridgehead atoms. The van der Waals surface area contributed by atoms with Gasteiger partial charge < -0.3 is 10.2 Å². The molecule has 56 valence electrons. The maximum Gasteiger partial charge on any atom is 0.180 e. The van der Waals surface area contributed by atoms with E-state index in [-0.39, 0.29) is 0 Å². The monoisotopic (exact) mass is 166 g/mol. The van der Waals surface area contributed by atoms with Gasteiger partial charge in [0.15, 0.2) is 5.13 Å². The molecule has 0 aliphatic carbocycles. The second kappa shape index (κ2) is 2.39. The van der Waals surface area contributed by atoms with Crippen molar-refractivity contribution >= 4 is 16.5 Å². The standard InChI is InChI=1S/C7H6N2OS/c8-7-9-6(4-11-7)5-1-2-10-3-5/h1-4H,(H2,8,9). The molecular formula is C7H6N2OS. The molecule has 2 aromatic rings. The van der Waals surface area contributed by atoms with Gasteiger partial charge in [-0.2, -0.15) is 0 Å². The van der Waals surface area contributed by atoms with Gasteiger partial charge in [-0.3, -0.25) is 0 Å². The Hall–Kier alpha value is -1.29.